The van der Waals surface area contributed by atoms with Crippen molar-refractivity contribution in [1.29, 1.82) is 5.26 Å². The molecule has 0 aliphatic rings. The first-order valence-electron chi connectivity index (χ1n) is 5.12. The molecule has 0 spiro atoms. The number of carbonyl (C=O) groups excluding carboxylic acids is 1. The predicted molar refractivity (Wildman–Crippen MR) is 58.7 cm³/mol. The minimum absolute atomic E-state index is 0.125. The number of nitrogens with zero attached hydrogens (tertiary/aromatic N) is 2. The fourth-order valence-electron chi connectivity index (χ4n) is 1.47. The molecule has 0 radical (unpaired) electrons. The molecule has 0 atom stereocenters. The molecule has 0 saturated heterocycles. The van der Waals surface area contributed by atoms with Gasteiger partial charge in [-0.1, -0.05) is 0 Å². The number of halogens is 2. The fraction of sp³-hybridized carbons (Fsp3) is 0.364. The molecule has 0 amide bonds. The number of nitriles is 1. The van der Waals surface area contributed by atoms with Crippen LogP contribution in [0.25, 0.3) is 0 Å². The highest BCUT2D eigenvalue weighted by Crippen LogP contribution is 2.30. The van der Waals surface area contributed by atoms with Gasteiger partial charge < -0.3 is 10.5 Å². The normalized spacial score (nSPS) is 10.2. The van der Waals surface area contributed by atoms with Crippen LogP contribution in [0.15, 0.2) is 6.20 Å². The Balaban J connectivity index is 3.25. The predicted octanol–water partition coefficient (Wildman–Crippen LogP) is 1.58. The summed E-state index contributed by atoms with van der Waals surface area (Å²) in [4.78, 5) is 14.9. The van der Waals surface area contributed by atoms with E-state index in [4.69, 9.17) is 11.0 Å². The van der Waals surface area contributed by atoms with Crippen LogP contribution >= 0.6 is 0 Å². The number of alkyl halides is 2. The average molecular weight is 255 g/mol. The van der Waals surface area contributed by atoms with Crippen LogP contribution in [-0.2, 0) is 16.0 Å². The van der Waals surface area contributed by atoms with Crippen LogP contribution in [0.5, 0.6) is 0 Å². The first-order chi connectivity index (χ1) is 8.51. The second kappa shape index (κ2) is 5.91. The second-order valence-electron chi connectivity index (χ2n) is 3.35. The molecule has 1 aromatic rings. The van der Waals surface area contributed by atoms with E-state index >= 15 is 0 Å². The van der Waals surface area contributed by atoms with Crippen LogP contribution in [0.1, 0.15) is 30.2 Å². The van der Waals surface area contributed by atoms with E-state index in [1.165, 1.54) is 0 Å². The molecule has 18 heavy (non-hydrogen) atoms. The number of anilines is 1. The molecule has 1 heterocycles. The standard InChI is InChI=1S/C11H11F2N3O2/c1-2-18-9(17)3-6-8(4-14)16-5-7(15)10(6)11(12)13/h5,11H,2-3,15H2,1H3. The summed E-state index contributed by atoms with van der Waals surface area (Å²) in [7, 11) is 0. The number of ether oxygens (including phenoxy) is 1. The zero-order valence-corrected chi connectivity index (χ0v) is 9.61. The molecular formula is C11H11F2N3O2. The van der Waals surface area contributed by atoms with E-state index < -0.39 is 24.4 Å². The van der Waals surface area contributed by atoms with Gasteiger partial charge >= 0.3 is 5.97 Å². The molecule has 2 N–H and O–H groups in total. The van der Waals surface area contributed by atoms with E-state index in [-0.39, 0.29) is 23.6 Å². The molecule has 1 rings (SSSR count). The third-order valence-electron chi connectivity index (χ3n) is 2.21. The monoisotopic (exact) mass is 255 g/mol. The zero-order chi connectivity index (χ0) is 13.7. The van der Waals surface area contributed by atoms with Crippen LogP contribution in [0, 0.1) is 11.3 Å². The largest absolute Gasteiger partial charge is 0.466 e. The zero-order valence-electron chi connectivity index (χ0n) is 9.61. The summed E-state index contributed by atoms with van der Waals surface area (Å²) in [5.74, 6) is -0.705. The molecule has 1 aromatic heterocycles. The topological polar surface area (TPSA) is 89.0 Å². The van der Waals surface area contributed by atoms with Crippen molar-refractivity contribution < 1.29 is 18.3 Å². The van der Waals surface area contributed by atoms with Gasteiger partial charge in [0.25, 0.3) is 6.43 Å². The van der Waals surface area contributed by atoms with Crippen LogP contribution < -0.4 is 5.73 Å². The maximum atomic E-state index is 12.9. The molecule has 0 aromatic carbocycles. The number of hydrogen-bond acceptors (Lipinski definition) is 5. The smallest absolute Gasteiger partial charge is 0.310 e. The lowest BCUT2D eigenvalue weighted by Gasteiger charge is -2.12. The molecule has 0 bridgehead atoms. The SMILES string of the molecule is CCOC(=O)Cc1c(C#N)ncc(N)c1C(F)F. The number of nitrogen functional groups attached to an aromatic ring is 1. The van der Waals surface area contributed by atoms with Gasteiger partial charge in [0, 0.05) is 11.1 Å². The maximum Gasteiger partial charge on any atom is 0.310 e. The lowest BCUT2D eigenvalue weighted by atomic mass is 10.0. The number of esters is 1. The van der Waals surface area contributed by atoms with Crippen LogP contribution in [0.2, 0.25) is 0 Å². The molecule has 0 unspecified atom stereocenters. The number of hydrogen-bond donors (Lipinski definition) is 1. The van der Waals surface area contributed by atoms with Gasteiger partial charge in [-0.3, -0.25) is 4.79 Å². The summed E-state index contributed by atoms with van der Waals surface area (Å²) in [5.41, 5.74) is 4.19. The van der Waals surface area contributed by atoms with Gasteiger partial charge in [0.15, 0.2) is 0 Å². The van der Waals surface area contributed by atoms with E-state index in [0.29, 0.717) is 0 Å². The summed E-state index contributed by atoms with van der Waals surface area (Å²) < 4.78 is 30.4. The van der Waals surface area contributed by atoms with Crippen molar-refractivity contribution in [2.24, 2.45) is 0 Å². The van der Waals surface area contributed by atoms with E-state index in [1.54, 1.807) is 13.0 Å². The van der Waals surface area contributed by atoms with Crippen molar-refractivity contribution in [3.8, 4) is 6.07 Å². The highest BCUT2D eigenvalue weighted by atomic mass is 19.3. The van der Waals surface area contributed by atoms with E-state index in [0.717, 1.165) is 6.20 Å². The van der Waals surface area contributed by atoms with E-state index in [1.807, 2.05) is 0 Å². The summed E-state index contributed by atoms with van der Waals surface area (Å²) in [6.45, 7) is 1.72. The minimum atomic E-state index is -2.88. The van der Waals surface area contributed by atoms with Gasteiger partial charge in [-0.05, 0) is 6.92 Å². The molecule has 0 saturated carbocycles. The molecule has 7 heteroatoms. The number of pyridine rings is 1. The molecular weight excluding hydrogens is 244 g/mol. The molecule has 0 fully saturated rings. The second-order valence-corrected chi connectivity index (χ2v) is 3.35. The van der Waals surface area contributed by atoms with Gasteiger partial charge in [0.1, 0.15) is 11.8 Å². The molecule has 96 valence electrons. The van der Waals surface area contributed by atoms with Gasteiger partial charge in [-0.25, -0.2) is 13.8 Å². The summed E-state index contributed by atoms with van der Waals surface area (Å²) in [6, 6.07) is 1.66. The van der Waals surface area contributed by atoms with Crippen molar-refractivity contribution in [3.63, 3.8) is 0 Å². The van der Waals surface area contributed by atoms with Gasteiger partial charge in [0.05, 0.1) is 24.9 Å². The lowest BCUT2D eigenvalue weighted by molar-refractivity contribution is -0.142. The summed E-state index contributed by atoms with van der Waals surface area (Å²) >= 11 is 0. The first kappa shape index (κ1) is 13.8. The summed E-state index contributed by atoms with van der Waals surface area (Å²) in [6.07, 6.45) is -2.35. The van der Waals surface area contributed by atoms with Gasteiger partial charge in [-0.2, -0.15) is 5.26 Å². The number of nitrogens with two attached hydrogens (primary N) is 1. The Labute approximate surface area is 102 Å². The highest BCUT2D eigenvalue weighted by Gasteiger charge is 2.23. The van der Waals surface area contributed by atoms with Crippen molar-refractivity contribution in [1.82, 2.24) is 4.98 Å². The Kier molecular flexibility index (Phi) is 4.54. The summed E-state index contributed by atoms with van der Waals surface area (Å²) in [5, 5.41) is 8.81. The minimum Gasteiger partial charge on any atom is -0.466 e. The van der Waals surface area contributed by atoms with Crippen LogP contribution in [-0.4, -0.2) is 17.6 Å². The van der Waals surface area contributed by atoms with Gasteiger partial charge in [-0.15, -0.1) is 0 Å². The van der Waals surface area contributed by atoms with Crippen molar-refractivity contribution in [3.05, 3.63) is 23.0 Å². The molecule has 0 aliphatic carbocycles. The van der Waals surface area contributed by atoms with E-state index in [2.05, 4.69) is 9.72 Å². The van der Waals surface area contributed by atoms with Crippen molar-refractivity contribution in [2.75, 3.05) is 12.3 Å². The van der Waals surface area contributed by atoms with Crippen LogP contribution in [0.4, 0.5) is 14.5 Å². The van der Waals surface area contributed by atoms with Crippen molar-refractivity contribution >= 4 is 11.7 Å². The Morgan fingerprint density at radius 3 is 2.83 bits per heavy atom. The lowest BCUT2D eigenvalue weighted by Crippen LogP contribution is -2.13. The Morgan fingerprint density at radius 1 is 1.67 bits per heavy atom. The van der Waals surface area contributed by atoms with Gasteiger partial charge in [0.2, 0.25) is 0 Å². The fourth-order valence-corrected chi connectivity index (χ4v) is 1.47. The average Bonchev–Trinajstić information content (AvgIpc) is 2.29. The van der Waals surface area contributed by atoms with Crippen molar-refractivity contribution in [2.45, 2.75) is 19.8 Å². The van der Waals surface area contributed by atoms with Crippen LogP contribution in [0.3, 0.4) is 0 Å². The van der Waals surface area contributed by atoms with E-state index in [9.17, 15) is 13.6 Å². The third kappa shape index (κ3) is 2.91. The molecule has 0 aliphatic heterocycles. The first-order valence-corrected chi connectivity index (χ1v) is 5.12. The Morgan fingerprint density at radius 2 is 2.33 bits per heavy atom. The number of aromatic nitrogens is 1. The molecule has 5 nitrogen and oxygen atoms in total. The Hall–Kier alpha value is -2.23. The quantitative estimate of drug-likeness (QED) is 0.825. The highest BCUT2D eigenvalue weighted by molar-refractivity contribution is 5.75. The maximum absolute atomic E-state index is 12.9. The Bertz CT molecular complexity index is 498. The third-order valence-corrected chi connectivity index (χ3v) is 2.21. The number of carbonyl (C=O) groups is 1. The number of rotatable bonds is 4.